The van der Waals surface area contributed by atoms with Crippen molar-refractivity contribution >= 4 is 0 Å². The lowest BCUT2D eigenvalue weighted by Crippen LogP contribution is -2.05. The van der Waals surface area contributed by atoms with Crippen molar-refractivity contribution in [2.24, 2.45) is 5.92 Å². The Morgan fingerprint density at radius 3 is 2.81 bits per heavy atom. The molecule has 0 saturated heterocycles. The van der Waals surface area contributed by atoms with E-state index in [0.717, 1.165) is 18.6 Å². The van der Waals surface area contributed by atoms with E-state index in [2.05, 4.69) is 32.0 Å². The fourth-order valence-corrected chi connectivity index (χ4v) is 2.28. The number of hydrogen-bond acceptors (Lipinski definition) is 2. The van der Waals surface area contributed by atoms with E-state index in [1.165, 1.54) is 11.1 Å². The van der Waals surface area contributed by atoms with Crippen LogP contribution in [0.15, 0.2) is 18.2 Å². The zero-order valence-corrected chi connectivity index (χ0v) is 10.1. The third kappa shape index (κ3) is 1.57. The molecule has 1 aromatic carbocycles. The number of methoxy groups -OCH3 is 1. The van der Waals surface area contributed by atoms with E-state index in [9.17, 15) is 0 Å². The Morgan fingerprint density at radius 2 is 2.31 bits per heavy atom. The van der Waals surface area contributed by atoms with E-state index in [1.54, 1.807) is 7.11 Å². The van der Waals surface area contributed by atoms with Crippen LogP contribution in [-0.4, -0.2) is 7.11 Å². The van der Waals surface area contributed by atoms with Gasteiger partial charge in [-0.2, -0.15) is 5.26 Å². The van der Waals surface area contributed by atoms with E-state index in [4.69, 9.17) is 10.00 Å². The minimum atomic E-state index is 0.0743. The molecule has 2 atom stereocenters. The van der Waals surface area contributed by atoms with Crippen LogP contribution < -0.4 is 4.74 Å². The maximum absolute atomic E-state index is 8.96. The molecule has 2 nitrogen and oxygen atoms in total. The maximum Gasteiger partial charge on any atom is 0.122 e. The second-order valence-corrected chi connectivity index (χ2v) is 4.68. The number of ether oxygens (including phenoxy) is 1. The zero-order chi connectivity index (χ0) is 11.8. The lowest BCUT2D eigenvalue weighted by Gasteiger charge is -2.13. The average molecular weight is 215 g/mol. The summed E-state index contributed by atoms with van der Waals surface area (Å²) >= 11 is 0. The van der Waals surface area contributed by atoms with Crippen LogP contribution in [0.4, 0.5) is 0 Å². The number of hydrogen-bond donors (Lipinski definition) is 0. The Bertz CT molecular complexity index is 447. The summed E-state index contributed by atoms with van der Waals surface area (Å²) in [6.45, 7) is 4.29. The van der Waals surface area contributed by atoms with Crippen molar-refractivity contribution in [2.45, 2.75) is 32.1 Å². The van der Waals surface area contributed by atoms with Gasteiger partial charge >= 0.3 is 0 Å². The maximum atomic E-state index is 8.96. The molecule has 84 valence electrons. The monoisotopic (exact) mass is 215 g/mol. The molecular formula is C14H17NO. The highest BCUT2D eigenvalue weighted by Gasteiger charge is 2.51. The molecule has 1 aromatic rings. The molecule has 1 aliphatic carbocycles. The van der Waals surface area contributed by atoms with Crippen molar-refractivity contribution in [1.29, 1.82) is 5.26 Å². The predicted molar refractivity (Wildman–Crippen MR) is 63.4 cm³/mol. The zero-order valence-electron chi connectivity index (χ0n) is 10.1. The fourth-order valence-electron chi connectivity index (χ4n) is 2.28. The fraction of sp³-hybridized carbons (Fsp3) is 0.500. The summed E-state index contributed by atoms with van der Waals surface area (Å²) in [6, 6.07) is 8.67. The highest BCUT2D eigenvalue weighted by Crippen LogP contribution is 2.53. The third-order valence-electron chi connectivity index (χ3n) is 3.71. The molecule has 1 aliphatic rings. The predicted octanol–water partition coefficient (Wildman–Crippen LogP) is 3.06. The van der Waals surface area contributed by atoms with Crippen LogP contribution in [0, 0.1) is 17.2 Å². The highest BCUT2D eigenvalue weighted by atomic mass is 16.5. The Morgan fingerprint density at radius 1 is 1.56 bits per heavy atom. The van der Waals surface area contributed by atoms with Gasteiger partial charge in [0.25, 0.3) is 0 Å². The van der Waals surface area contributed by atoms with Gasteiger partial charge in [0.15, 0.2) is 0 Å². The van der Waals surface area contributed by atoms with Crippen LogP contribution >= 0.6 is 0 Å². The van der Waals surface area contributed by atoms with Crippen LogP contribution in [-0.2, 0) is 11.8 Å². The molecule has 0 spiro atoms. The topological polar surface area (TPSA) is 33.0 Å². The summed E-state index contributed by atoms with van der Waals surface area (Å²) in [5, 5.41) is 8.96. The minimum absolute atomic E-state index is 0.0743. The standard InChI is InChI=1S/C14H17NO/c1-4-10-7-11(5-6-13(10)16-3)14(2)8-12(14)9-15/h5-7,12H,4,8H2,1-3H3. The average Bonchev–Trinajstić information content (AvgIpc) is 3.01. The van der Waals surface area contributed by atoms with Gasteiger partial charge in [0.1, 0.15) is 5.75 Å². The summed E-state index contributed by atoms with van der Waals surface area (Å²) in [5.41, 5.74) is 2.58. The van der Waals surface area contributed by atoms with Gasteiger partial charge in [0, 0.05) is 5.41 Å². The second kappa shape index (κ2) is 3.83. The summed E-state index contributed by atoms with van der Waals surface area (Å²) in [7, 11) is 1.70. The Balaban J connectivity index is 2.35. The molecule has 1 fully saturated rings. The normalized spacial score (nSPS) is 27.2. The van der Waals surface area contributed by atoms with Crippen LogP contribution in [0.25, 0.3) is 0 Å². The van der Waals surface area contributed by atoms with Crippen LogP contribution in [0.1, 0.15) is 31.4 Å². The highest BCUT2D eigenvalue weighted by molar-refractivity contribution is 5.44. The van der Waals surface area contributed by atoms with Crippen LogP contribution in [0.5, 0.6) is 5.75 Å². The molecule has 2 rings (SSSR count). The molecule has 0 aliphatic heterocycles. The Hall–Kier alpha value is -1.49. The molecule has 0 radical (unpaired) electrons. The van der Waals surface area contributed by atoms with Gasteiger partial charge in [0.2, 0.25) is 0 Å². The number of benzene rings is 1. The summed E-state index contributed by atoms with van der Waals surface area (Å²) in [6.07, 6.45) is 1.95. The number of nitrogens with zero attached hydrogens (tertiary/aromatic N) is 1. The Kier molecular flexibility index (Phi) is 2.63. The van der Waals surface area contributed by atoms with Gasteiger partial charge in [-0.1, -0.05) is 26.0 Å². The van der Waals surface area contributed by atoms with Gasteiger partial charge in [0.05, 0.1) is 19.1 Å². The van der Waals surface area contributed by atoms with E-state index in [1.807, 2.05) is 6.07 Å². The van der Waals surface area contributed by atoms with Gasteiger partial charge in [-0.25, -0.2) is 0 Å². The van der Waals surface area contributed by atoms with Gasteiger partial charge in [-0.3, -0.25) is 0 Å². The van der Waals surface area contributed by atoms with E-state index in [-0.39, 0.29) is 11.3 Å². The largest absolute Gasteiger partial charge is 0.496 e. The molecule has 16 heavy (non-hydrogen) atoms. The molecule has 0 aromatic heterocycles. The van der Waals surface area contributed by atoms with E-state index < -0.39 is 0 Å². The van der Waals surface area contributed by atoms with E-state index >= 15 is 0 Å². The molecule has 0 N–H and O–H groups in total. The van der Waals surface area contributed by atoms with Crippen molar-refractivity contribution in [2.75, 3.05) is 7.11 Å². The summed E-state index contributed by atoms with van der Waals surface area (Å²) in [5.74, 6) is 1.13. The van der Waals surface area contributed by atoms with Gasteiger partial charge in [-0.05, 0) is 30.0 Å². The first-order chi connectivity index (χ1) is 7.65. The molecule has 2 heteroatoms. The SMILES string of the molecule is CCc1cc(C2(C)CC2C#N)ccc1OC. The molecule has 0 bridgehead atoms. The lowest BCUT2D eigenvalue weighted by molar-refractivity contribution is 0.409. The number of aryl methyl sites for hydroxylation is 1. The van der Waals surface area contributed by atoms with E-state index in [0.29, 0.717) is 0 Å². The van der Waals surface area contributed by atoms with Crippen LogP contribution in [0.2, 0.25) is 0 Å². The molecular weight excluding hydrogens is 198 g/mol. The molecule has 1 saturated carbocycles. The first kappa shape index (κ1) is 11.0. The van der Waals surface area contributed by atoms with Crippen molar-refractivity contribution in [3.05, 3.63) is 29.3 Å². The summed E-state index contributed by atoms with van der Waals surface area (Å²) < 4.78 is 5.31. The van der Waals surface area contributed by atoms with Crippen LogP contribution in [0.3, 0.4) is 0 Å². The minimum Gasteiger partial charge on any atom is -0.496 e. The van der Waals surface area contributed by atoms with Crippen molar-refractivity contribution in [3.8, 4) is 11.8 Å². The van der Waals surface area contributed by atoms with Crippen molar-refractivity contribution < 1.29 is 4.74 Å². The third-order valence-corrected chi connectivity index (χ3v) is 3.71. The molecule has 2 unspecified atom stereocenters. The number of nitriles is 1. The molecule has 0 amide bonds. The number of rotatable bonds is 3. The first-order valence-electron chi connectivity index (χ1n) is 5.72. The summed E-state index contributed by atoms with van der Waals surface area (Å²) in [4.78, 5) is 0. The molecule has 0 heterocycles. The lowest BCUT2D eigenvalue weighted by atomic mass is 9.93. The second-order valence-electron chi connectivity index (χ2n) is 4.68. The quantitative estimate of drug-likeness (QED) is 0.776. The first-order valence-corrected chi connectivity index (χ1v) is 5.72. The van der Waals surface area contributed by atoms with Gasteiger partial charge < -0.3 is 4.74 Å². The van der Waals surface area contributed by atoms with Crippen molar-refractivity contribution in [1.82, 2.24) is 0 Å². The van der Waals surface area contributed by atoms with Crippen molar-refractivity contribution in [3.63, 3.8) is 0 Å². The smallest absolute Gasteiger partial charge is 0.122 e. The Labute approximate surface area is 96.9 Å². The van der Waals surface area contributed by atoms with Gasteiger partial charge in [-0.15, -0.1) is 0 Å².